The fourth-order valence-electron chi connectivity index (χ4n) is 3.55. The molecule has 1 nitrogen and oxygen atoms in total. The van der Waals surface area contributed by atoms with Gasteiger partial charge in [-0.1, -0.05) is 51.3 Å². The topological polar surface area (TPSA) is 3.24 Å². The van der Waals surface area contributed by atoms with Crippen LogP contribution in [0.3, 0.4) is 0 Å². The normalized spacial score (nSPS) is 25.2. The summed E-state index contributed by atoms with van der Waals surface area (Å²) in [7, 11) is 0. The Morgan fingerprint density at radius 3 is 2.58 bits per heavy atom. The lowest BCUT2D eigenvalue weighted by Gasteiger charge is -2.50. The van der Waals surface area contributed by atoms with E-state index in [1.807, 2.05) is 0 Å². The van der Waals surface area contributed by atoms with Crippen LogP contribution in [0.15, 0.2) is 24.3 Å². The van der Waals surface area contributed by atoms with E-state index in [2.05, 4.69) is 77.9 Å². The van der Waals surface area contributed by atoms with E-state index in [0.717, 1.165) is 5.92 Å². The summed E-state index contributed by atoms with van der Waals surface area (Å²) in [6, 6.07) is 8.92. The van der Waals surface area contributed by atoms with E-state index >= 15 is 0 Å². The fraction of sp³-hybridized carbons (Fsp3) is 0.647. The Kier molecular flexibility index (Phi) is 4.80. The predicted molar refractivity (Wildman–Crippen MR) is 93.1 cm³/mol. The van der Waals surface area contributed by atoms with Crippen LogP contribution in [0.4, 0.5) is 5.69 Å². The first-order chi connectivity index (χ1) is 9.00. The SMILES string of the molecule is CCCCCC1C(C)c2ccccc2N(I)C1(C)C. The average molecular weight is 371 g/mol. The number of halogens is 1. The van der Waals surface area contributed by atoms with Crippen molar-refractivity contribution in [3.63, 3.8) is 0 Å². The number of para-hydroxylation sites is 1. The van der Waals surface area contributed by atoms with Crippen molar-refractivity contribution >= 4 is 28.6 Å². The molecule has 1 heterocycles. The molecule has 0 bridgehead atoms. The minimum Gasteiger partial charge on any atom is -0.309 e. The van der Waals surface area contributed by atoms with Gasteiger partial charge in [-0.15, -0.1) is 0 Å². The zero-order valence-corrected chi connectivity index (χ0v) is 14.8. The van der Waals surface area contributed by atoms with Crippen LogP contribution in [0.2, 0.25) is 0 Å². The van der Waals surface area contributed by atoms with Crippen LogP contribution >= 0.6 is 22.9 Å². The van der Waals surface area contributed by atoms with E-state index in [9.17, 15) is 0 Å². The van der Waals surface area contributed by atoms with Gasteiger partial charge < -0.3 is 3.11 Å². The maximum Gasteiger partial charge on any atom is 0.0597 e. The van der Waals surface area contributed by atoms with Gasteiger partial charge in [0.1, 0.15) is 0 Å². The van der Waals surface area contributed by atoms with Crippen molar-refractivity contribution in [3.05, 3.63) is 29.8 Å². The Balaban J connectivity index is 2.30. The van der Waals surface area contributed by atoms with Crippen LogP contribution in [0.25, 0.3) is 0 Å². The minimum absolute atomic E-state index is 0.238. The quantitative estimate of drug-likeness (QED) is 0.360. The van der Waals surface area contributed by atoms with Gasteiger partial charge in [-0.2, -0.15) is 0 Å². The molecule has 0 spiro atoms. The molecule has 2 atom stereocenters. The molecule has 0 amide bonds. The van der Waals surface area contributed by atoms with Crippen LogP contribution in [0.1, 0.15) is 64.9 Å². The molecule has 19 heavy (non-hydrogen) atoms. The van der Waals surface area contributed by atoms with Gasteiger partial charge in [-0.05, 0) is 43.7 Å². The standard InChI is InChI=1S/C17H26IN/c1-5-6-7-11-15-13(2)14-10-8-9-12-16(14)19(18)17(15,3)4/h8-10,12-13,15H,5-7,11H2,1-4H3. The number of fused-ring (bicyclic) bond motifs is 1. The van der Waals surface area contributed by atoms with Crippen LogP contribution in [-0.4, -0.2) is 5.54 Å². The Labute approximate surface area is 132 Å². The number of unbranched alkanes of at least 4 members (excludes halogenated alkanes) is 2. The summed E-state index contributed by atoms with van der Waals surface area (Å²) in [5.41, 5.74) is 3.17. The first-order valence-electron chi connectivity index (χ1n) is 7.55. The second kappa shape index (κ2) is 6.02. The van der Waals surface area contributed by atoms with Crippen molar-refractivity contribution in [1.82, 2.24) is 0 Å². The highest BCUT2D eigenvalue weighted by Gasteiger charge is 2.43. The van der Waals surface area contributed by atoms with E-state index < -0.39 is 0 Å². The van der Waals surface area contributed by atoms with Crippen LogP contribution in [-0.2, 0) is 0 Å². The molecule has 1 aromatic carbocycles. The third-order valence-electron chi connectivity index (χ3n) is 4.77. The Morgan fingerprint density at radius 1 is 1.21 bits per heavy atom. The number of benzene rings is 1. The van der Waals surface area contributed by atoms with E-state index in [0.29, 0.717) is 5.92 Å². The third kappa shape index (κ3) is 2.79. The number of hydrogen-bond acceptors (Lipinski definition) is 1. The molecular formula is C17H26IN. The first-order valence-corrected chi connectivity index (χ1v) is 8.51. The summed E-state index contributed by atoms with van der Waals surface area (Å²) in [6.45, 7) is 9.52. The number of nitrogens with zero attached hydrogens (tertiary/aromatic N) is 1. The van der Waals surface area contributed by atoms with Crippen molar-refractivity contribution in [2.45, 2.75) is 64.8 Å². The lowest BCUT2D eigenvalue weighted by molar-refractivity contribution is 0.253. The summed E-state index contributed by atoms with van der Waals surface area (Å²) < 4.78 is 2.47. The Bertz CT molecular complexity index is 427. The highest BCUT2D eigenvalue weighted by molar-refractivity contribution is 14.1. The van der Waals surface area contributed by atoms with Gasteiger partial charge in [0.2, 0.25) is 0 Å². The molecule has 0 saturated heterocycles. The molecule has 1 aromatic rings. The third-order valence-corrected chi connectivity index (χ3v) is 6.54. The zero-order chi connectivity index (χ0) is 14.0. The van der Waals surface area contributed by atoms with Gasteiger partial charge in [-0.3, -0.25) is 0 Å². The Hall–Kier alpha value is -0.250. The van der Waals surface area contributed by atoms with E-state index in [1.54, 1.807) is 0 Å². The van der Waals surface area contributed by atoms with Crippen LogP contribution < -0.4 is 3.11 Å². The minimum atomic E-state index is 0.238. The van der Waals surface area contributed by atoms with Gasteiger partial charge in [0, 0.05) is 11.2 Å². The summed E-state index contributed by atoms with van der Waals surface area (Å²) >= 11 is 2.51. The zero-order valence-electron chi connectivity index (χ0n) is 12.6. The van der Waals surface area contributed by atoms with Crippen LogP contribution in [0, 0.1) is 5.92 Å². The van der Waals surface area contributed by atoms with Gasteiger partial charge in [0.15, 0.2) is 0 Å². The van der Waals surface area contributed by atoms with Gasteiger partial charge >= 0.3 is 0 Å². The van der Waals surface area contributed by atoms with Crippen molar-refractivity contribution in [3.8, 4) is 0 Å². The smallest absolute Gasteiger partial charge is 0.0597 e. The Morgan fingerprint density at radius 2 is 1.89 bits per heavy atom. The monoisotopic (exact) mass is 371 g/mol. The molecule has 2 heteroatoms. The molecule has 0 radical (unpaired) electrons. The van der Waals surface area contributed by atoms with Crippen LogP contribution in [0.5, 0.6) is 0 Å². The van der Waals surface area contributed by atoms with Crippen molar-refractivity contribution in [1.29, 1.82) is 0 Å². The molecule has 0 aliphatic carbocycles. The summed E-state index contributed by atoms with van der Waals surface area (Å²) in [5, 5.41) is 0. The largest absolute Gasteiger partial charge is 0.309 e. The average Bonchev–Trinajstić information content (AvgIpc) is 2.40. The van der Waals surface area contributed by atoms with Gasteiger partial charge in [-0.25, -0.2) is 0 Å². The molecular weight excluding hydrogens is 345 g/mol. The lowest BCUT2D eigenvalue weighted by Crippen LogP contribution is -2.49. The van der Waals surface area contributed by atoms with Crippen molar-refractivity contribution in [2.24, 2.45) is 5.92 Å². The molecule has 0 saturated carbocycles. The second-order valence-electron chi connectivity index (χ2n) is 6.38. The molecule has 1 aliphatic rings. The maximum absolute atomic E-state index is 2.51. The second-order valence-corrected chi connectivity index (χ2v) is 7.35. The first kappa shape index (κ1) is 15.1. The maximum atomic E-state index is 2.51. The number of hydrogen-bond donors (Lipinski definition) is 0. The molecule has 0 N–H and O–H groups in total. The highest BCUT2D eigenvalue weighted by atomic mass is 127. The van der Waals surface area contributed by atoms with E-state index in [1.165, 1.54) is 36.9 Å². The number of anilines is 1. The van der Waals surface area contributed by atoms with E-state index in [-0.39, 0.29) is 5.54 Å². The highest BCUT2D eigenvalue weighted by Crippen LogP contribution is 2.50. The molecule has 1 aliphatic heterocycles. The summed E-state index contributed by atoms with van der Waals surface area (Å²) in [5.74, 6) is 1.40. The van der Waals surface area contributed by atoms with Crippen molar-refractivity contribution < 1.29 is 0 Å². The predicted octanol–water partition coefficient (Wildman–Crippen LogP) is 5.94. The number of rotatable bonds is 4. The van der Waals surface area contributed by atoms with E-state index in [4.69, 9.17) is 0 Å². The van der Waals surface area contributed by atoms with Gasteiger partial charge in [0.05, 0.1) is 22.9 Å². The molecule has 2 unspecified atom stereocenters. The molecule has 2 rings (SSSR count). The summed E-state index contributed by atoms with van der Waals surface area (Å²) in [6.07, 6.45) is 5.38. The fourth-order valence-corrected chi connectivity index (χ4v) is 4.35. The summed E-state index contributed by atoms with van der Waals surface area (Å²) in [4.78, 5) is 0. The van der Waals surface area contributed by atoms with Crippen molar-refractivity contribution in [2.75, 3.05) is 3.11 Å². The molecule has 106 valence electrons. The molecule has 0 fully saturated rings. The lowest BCUT2D eigenvalue weighted by atomic mass is 9.70. The molecule has 0 aromatic heterocycles. The van der Waals surface area contributed by atoms with Gasteiger partial charge in [0.25, 0.3) is 0 Å².